The number of hydrogen-bond donors (Lipinski definition) is 2. The number of nitriles is 1. The van der Waals surface area contributed by atoms with Gasteiger partial charge in [-0.25, -0.2) is 4.68 Å². The first kappa shape index (κ1) is 22.1. The van der Waals surface area contributed by atoms with Gasteiger partial charge in [0.1, 0.15) is 6.04 Å². The van der Waals surface area contributed by atoms with Gasteiger partial charge in [0.15, 0.2) is 23.9 Å². The summed E-state index contributed by atoms with van der Waals surface area (Å²) in [5.41, 5.74) is 8.09. The summed E-state index contributed by atoms with van der Waals surface area (Å²) >= 11 is 0. The first-order chi connectivity index (χ1) is 15.8. The highest BCUT2D eigenvalue weighted by atomic mass is 16.5. The van der Waals surface area contributed by atoms with E-state index in [9.17, 15) is 10.1 Å². The fourth-order valence-electron chi connectivity index (χ4n) is 3.58. The molecule has 4 rings (SSSR count). The largest absolute Gasteiger partial charge is 0.493 e. The van der Waals surface area contributed by atoms with Crippen LogP contribution in [0.15, 0.2) is 36.4 Å². The average Bonchev–Trinajstić information content (AvgIpc) is 3.35. The van der Waals surface area contributed by atoms with Crippen LogP contribution in [0.3, 0.4) is 0 Å². The molecule has 10 nitrogen and oxygen atoms in total. The number of hydrogen-bond acceptors (Lipinski definition) is 8. The van der Waals surface area contributed by atoms with E-state index in [0.717, 1.165) is 24.0 Å². The number of rotatable bonds is 9. The van der Waals surface area contributed by atoms with E-state index in [1.54, 1.807) is 12.1 Å². The molecule has 33 heavy (non-hydrogen) atoms. The quantitative estimate of drug-likeness (QED) is 0.509. The lowest BCUT2D eigenvalue weighted by Crippen LogP contribution is -2.24. The lowest BCUT2D eigenvalue weighted by Gasteiger charge is -2.23. The van der Waals surface area contributed by atoms with E-state index in [0.29, 0.717) is 28.6 Å². The third-order valence-corrected chi connectivity index (χ3v) is 5.80. The zero-order valence-electron chi connectivity index (χ0n) is 18.7. The Morgan fingerprint density at radius 3 is 2.76 bits per heavy atom. The van der Waals surface area contributed by atoms with Crippen molar-refractivity contribution >= 4 is 11.6 Å². The van der Waals surface area contributed by atoms with Gasteiger partial charge < -0.3 is 20.5 Å². The first-order valence-corrected chi connectivity index (χ1v) is 10.5. The second kappa shape index (κ2) is 8.78. The molecular weight excluding hydrogens is 422 g/mol. The Balaban J connectivity index is 1.75. The molecule has 2 aromatic carbocycles. The molecule has 1 atom stereocenters. The minimum atomic E-state index is -0.589. The summed E-state index contributed by atoms with van der Waals surface area (Å²) < 4.78 is 12.7. The van der Waals surface area contributed by atoms with Gasteiger partial charge in [0.25, 0.3) is 5.91 Å². The monoisotopic (exact) mass is 447 g/mol. The summed E-state index contributed by atoms with van der Waals surface area (Å²) in [6.45, 7) is 3.73. The number of amides is 1. The number of methoxy groups -OCH3 is 1. The van der Waals surface area contributed by atoms with Crippen LogP contribution in [0.2, 0.25) is 0 Å². The number of aromatic nitrogens is 4. The van der Waals surface area contributed by atoms with Gasteiger partial charge in [0, 0.05) is 11.8 Å². The van der Waals surface area contributed by atoms with Crippen LogP contribution in [0.1, 0.15) is 48.3 Å². The molecule has 1 unspecified atom stereocenters. The Bertz CT molecular complexity index is 1230. The number of nitrogens with zero attached hydrogens (tertiary/aromatic N) is 5. The number of ether oxygens (including phenoxy) is 2. The number of nitrogens with one attached hydrogen (secondary N) is 1. The highest BCUT2D eigenvalue weighted by Crippen LogP contribution is 2.44. The summed E-state index contributed by atoms with van der Waals surface area (Å²) in [5, 5.41) is 25.5. The molecule has 0 aliphatic heterocycles. The van der Waals surface area contributed by atoms with Crippen molar-refractivity contribution < 1.29 is 14.3 Å². The van der Waals surface area contributed by atoms with Crippen LogP contribution in [-0.4, -0.2) is 39.8 Å². The maximum Gasteiger partial charge on any atom is 0.255 e. The van der Waals surface area contributed by atoms with Gasteiger partial charge in [-0.2, -0.15) is 5.26 Å². The van der Waals surface area contributed by atoms with E-state index in [1.807, 2.05) is 35.9 Å². The fraction of sp³-hybridized carbons (Fsp3) is 0.348. The van der Waals surface area contributed by atoms with Crippen molar-refractivity contribution in [3.63, 3.8) is 0 Å². The van der Waals surface area contributed by atoms with Gasteiger partial charge in [-0.3, -0.25) is 4.79 Å². The van der Waals surface area contributed by atoms with Gasteiger partial charge in [-0.1, -0.05) is 12.1 Å². The highest BCUT2D eigenvalue weighted by Gasteiger charge is 2.43. The van der Waals surface area contributed by atoms with E-state index in [4.69, 9.17) is 15.2 Å². The fourth-order valence-corrected chi connectivity index (χ4v) is 3.58. The van der Waals surface area contributed by atoms with Crippen LogP contribution in [0.5, 0.6) is 11.5 Å². The van der Waals surface area contributed by atoms with Crippen LogP contribution >= 0.6 is 0 Å². The maximum atomic E-state index is 11.2. The Kier molecular flexibility index (Phi) is 5.87. The Hall–Kier alpha value is -4.13. The highest BCUT2D eigenvalue weighted by molar-refractivity contribution is 5.75. The number of aryl methyl sites for hydroxylation is 1. The molecule has 0 saturated heterocycles. The normalized spacial score (nSPS) is 14.7. The Morgan fingerprint density at radius 1 is 1.30 bits per heavy atom. The molecule has 1 fully saturated rings. The molecule has 0 radical (unpaired) electrons. The van der Waals surface area contributed by atoms with E-state index in [-0.39, 0.29) is 12.1 Å². The maximum absolute atomic E-state index is 11.2. The topological polar surface area (TPSA) is 141 Å². The number of primary amides is 1. The third-order valence-electron chi connectivity index (χ3n) is 5.80. The van der Waals surface area contributed by atoms with Crippen molar-refractivity contribution in [2.45, 2.75) is 38.3 Å². The van der Waals surface area contributed by atoms with Crippen molar-refractivity contribution in [2.75, 3.05) is 19.0 Å². The first-order valence-electron chi connectivity index (χ1n) is 10.5. The number of benzene rings is 2. The van der Waals surface area contributed by atoms with Crippen molar-refractivity contribution in [1.29, 1.82) is 5.26 Å². The minimum Gasteiger partial charge on any atom is -0.493 e. The molecule has 1 aliphatic rings. The van der Waals surface area contributed by atoms with Crippen molar-refractivity contribution in [2.24, 2.45) is 5.73 Å². The number of carbonyl (C=O) groups excluding carboxylic acids is 1. The Labute approximate surface area is 191 Å². The van der Waals surface area contributed by atoms with Gasteiger partial charge >= 0.3 is 0 Å². The standard InChI is InChI=1S/C23H25N7O3/c1-14-4-5-15(10-16(14)12-24)21(22-27-28-29-30(22)23(2)8-9-23)26-17-6-7-18(32-3)19(11-17)33-13-20(25)31/h4-7,10-11,21,26H,8-9,13H2,1-3H3,(H2,25,31). The number of anilines is 1. The van der Waals surface area contributed by atoms with Crippen molar-refractivity contribution in [1.82, 2.24) is 20.2 Å². The predicted molar refractivity (Wildman–Crippen MR) is 120 cm³/mol. The molecule has 1 heterocycles. The van der Waals surface area contributed by atoms with E-state index < -0.39 is 11.9 Å². The summed E-state index contributed by atoms with van der Waals surface area (Å²) in [6.07, 6.45) is 1.98. The molecule has 170 valence electrons. The van der Waals surface area contributed by atoms with Crippen LogP contribution in [0, 0.1) is 18.3 Å². The van der Waals surface area contributed by atoms with Gasteiger partial charge in [-0.05, 0) is 66.4 Å². The summed E-state index contributed by atoms with van der Waals surface area (Å²) in [6, 6.07) is 12.8. The van der Waals surface area contributed by atoms with Crippen LogP contribution in [0.4, 0.5) is 5.69 Å². The number of nitrogens with two attached hydrogens (primary N) is 1. The van der Waals surface area contributed by atoms with E-state index in [2.05, 4.69) is 33.8 Å². The Morgan fingerprint density at radius 2 is 2.09 bits per heavy atom. The van der Waals surface area contributed by atoms with Crippen molar-refractivity contribution in [3.8, 4) is 17.6 Å². The molecule has 3 N–H and O–H groups in total. The zero-order chi connectivity index (χ0) is 23.6. The van der Waals surface area contributed by atoms with Crippen LogP contribution in [-0.2, 0) is 10.3 Å². The summed E-state index contributed by atoms with van der Waals surface area (Å²) in [7, 11) is 1.52. The number of tetrazole rings is 1. The van der Waals surface area contributed by atoms with Crippen LogP contribution in [0.25, 0.3) is 0 Å². The molecule has 1 saturated carbocycles. The van der Waals surface area contributed by atoms with Crippen molar-refractivity contribution in [3.05, 3.63) is 58.9 Å². The average molecular weight is 447 g/mol. The van der Waals surface area contributed by atoms with Gasteiger partial charge in [0.2, 0.25) is 0 Å². The molecule has 0 spiro atoms. The smallest absolute Gasteiger partial charge is 0.255 e. The molecule has 1 amide bonds. The van der Waals surface area contributed by atoms with Crippen LogP contribution < -0.4 is 20.5 Å². The molecule has 10 heteroatoms. The van der Waals surface area contributed by atoms with Gasteiger partial charge in [0.05, 0.1) is 24.3 Å². The number of carbonyl (C=O) groups is 1. The molecule has 0 bridgehead atoms. The third kappa shape index (κ3) is 4.57. The second-order valence-electron chi connectivity index (χ2n) is 8.33. The molecule has 1 aromatic heterocycles. The SMILES string of the molecule is COc1ccc(NC(c2ccc(C)c(C#N)c2)c2nnnn2C2(C)CC2)cc1OCC(N)=O. The van der Waals surface area contributed by atoms with Gasteiger partial charge in [-0.15, -0.1) is 5.10 Å². The lowest BCUT2D eigenvalue weighted by atomic mass is 9.99. The molecular formula is C23H25N7O3. The zero-order valence-corrected chi connectivity index (χ0v) is 18.7. The van der Waals surface area contributed by atoms with E-state index in [1.165, 1.54) is 7.11 Å². The summed E-state index contributed by atoms with van der Waals surface area (Å²) in [5.74, 6) is 0.887. The van der Waals surface area contributed by atoms with E-state index >= 15 is 0 Å². The lowest BCUT2D eigenvalue weighted by molar-refractivity contribution is -0.119. The summed E-state index contributed by atoms with van der Waals surface area (Å²) in [4.78, 5) is 11.2. The molecule has 1 aliphatic carbocycles. The minimum absolute atomic E-state index is 0.128. The predicted octanol–water partition coefficient (Wildman–Crippen LogP) is 2.44. The second-order valence-corrected chi connectivity index (χ2v) is 8.33. The molecule has 3 aromatic rings.